The third kappa shape index (κ3) is 2.68. The second-order valence-electron chi connectivity index (χ2n) is 7.16. The lowest BCUT2D eigenvalue weighted by Crippen LogP contribution is -2.71. The number of carbonyl (C=O) groups excluding carboxylic acids is 1. The highest BCUT2D eigenvalue weighted by atomic mass is 79.9. The molecule has 3 saturated carbocycles. The van der Waals surface area contributed by atoms with Crippen LogP contribution in [0.3, 0.4) is 0 Å². The fraction of sp³-hybridized carbons (Fsp3) is 0.588. The van der Waals surface area contributed by atoms with E-state index < -0.39 is 11.2 Å². The largest absolute Gasteiger partial charge is 0.326 e. The van der Waals surface area contributed by atoms with Gasteiger partial charge in [-0.15, -0.1) is 0 Å². The summed E-state index contributed by atoms with van der Waals surface area (Å²) in [4.78, 5) is 13.7. The van der Waals surface area contributed by atoms with Gasteiger partial charge in [-0.1, -0.05) is 73.4 Å². The van der Waals surface area contributed by atoms with E-state index in [1.54, 1.807) is 24.3 Å². The lowest BCUT2D eigenvalue weighted by atomic mass is 9.43. The number of anilines is 1. The standard InChI is InChI=1S/C17H18Br3F2NOS/c1-15(2)16(12(19)20)7-8-17(15,11(16)18)13(24)23-9-3-5-10(6-4-9)25-14(21)22/h3-6,11-12,14H,7-8H2,1-2H3,(H,23,24)/t11-,16+,17+/m1/s1. The minimum absolute atomic E-state index is 0.0117. The molecule has 3 fully saturated rings. The molecule has 3 aliphatic carbocycles. The SMILES string of the molecule is CC1(C)[C@@]2(C(=O)Nc3ccc(SC(F)F)cc3)CC[C@@]1(C(Br)Br)[C@H]2Br. The van der Waals surface area contributed by atoms with Gasteiger partial charge in [-0.3, -0.25) is 4.79 Å². The Labute approximate surface area is 175 Å². The minimum Gasteiger partial charge on any atom is -0.326 e. The fourth-order valence-corrected chi connectivity index (χ4v) is 10.1. The smallest absolute Gasteiger partial charge is 0.288 e. The minimum atomic E-state index is -2.45. The maximum atomic E-state index is 13.1. The van der Waals surface area contributed by atoms with Crippen molar-refractivity contribution in [2.45, 2.75) is 45.9 Å². The molecular formula is C17H18Br3F2NOS. The van der Waals surface area contributed by atoms with Crippen LogP contribution in [0.4, 0.5) is 14.5 Å². The van der Waals surface area contributed by atoms with Crippen LogP contribution in [0.5, 0.6) is 0 Å². The van der Waals surface area contributed by atoms with E-state index in [4.69, 9.17) is 0 Å². The number of amides is 1. The number of benzene rings is 1. The van der Waals surface area contributed by atoms with Crippen molar-refractivity contribution in [3.63, 3.8) is 0 Å². The number of thioether (sulfide) groups is 1. The number of hydrogen-bond acceptors (Lipinski definition) is 2. The molecule has 0 unspecified atom stereocenters. The van der Waals surface area contributed by atoms with Crippen molar-refractivity contribution in [2.75, 3.05) is 5.32 Å². The third-order valence-electron chi connectivity index (χ3n) is 6.23. The molecule has 2 nitrogen and oxygen atoms in total. The number of halogens is 5. The van der Waals surface area contributed by atoms with E-state index in [1.165, 1.54) is 0 Å². The van der Waals surface area contributed by atoms with Gasteiger partial charge in [0.15, 0.2) is 0 Å². The Kier molecular flexibility index (Phi) is 5.42. The average Bonchev–Trinajstić information content (AvgIpc) is 2.98. The Balaban J connectivity index is 1.78. The number of hydrogen-bond donors (Lipinski definition) is 1. The predicted molar refractivity (Wildman–Crippen MR) is 109 cm³/mol. The van der Waals surface area contributed by atoms with Crippen molar-refractivity contribution in [2.24, 2.45) is 16.2 Å². The number of nitrogens with one attached hydrogen (secondary N) is 1. The Morgan fingerprint density at radius 3 is 2.28 bits per heavy atom. The first-order valence-corrected chi connectivity index (χ1v) is 11.5. The van der Waals surface area contributed by atoms with Gasteiger partial charge in [0.1, 0.15) is 0 Å². The molecule has 3 aliphatic rings. The molecule has 3 atom stereocenters. The number of alkyl halides is 5. The summed E-state index contributed by atoms with van der Waals surface area (Å²) in [6.07, 6.45) is 1.77. The molecule has 2 bridgehead atoms. The topological polar surface area (TPSA) is 29.1 Å². The van der Waals surface area contributed by atoms with Crippen molar-refractivity contribution in [1.82, 2.24) is 0 Å². The molecule has 1 aromatic rings. The second-order valence-corrected chi connectivity index (χ2v) is 12.2. The molecule has 0 saturated heterocycles. The van der Waals surface area contributed by atoms with Gasteiger partial charge >= 0.3 is 0 Å². The Morgan fingerprint density at radius 1 is 1.24 bits per heavy atom. The monoisotopic (exact) mass is 559 g/mol. The van der Waals surface area contributed by atoms with E-state index >= 15 is 0 Å². The van der Waals surface area contributed by atoms with Crippen LogP contribution in [0, 0.1) is 16.2 Å². The quantitative estimate of drug-likeness (QED) is 0.323. The van der Waals surface area contributed by atoms with Gasteiger partial charge in [-0.25, -0.2) is 0 Å². The first-order valence-electron chi connectivity index (χ1n) is 7.88. The van der Waals surface area contributed by atoms with Gasteiger partial charge in [0, 0.05) is 20.8 Å². The fourth-order valence-electron chi connectivity index (χ4n) is 4.66. The summed E-state index contributed by atoms with van der Waals surface area (Å²) in [5.41, 5.74) is -0.0562. The normalized spacial score (nSPS) is 32.8. The van der Waals surface area contributed by atoms with Crippen LogP contribution >= 0.6 is 59.6 Å². The van der Waals surface area contributed by atoms with Crippen molar-refractivity contribution in [3.05, 3.63) is 24.3 Å². The number of carbonyl (C=O) groups is 1. The van der Waals surface area contributed by atoms with E-state index in [2.05, 4.69) is 67.0 Å². The van der Waals surface area contributed by atoms with Crippen molar-refractivity contribution < 1.29 is 13.6 Å². The van der Waals surface area contributed by atoms with Crippen molar-refractivity contribution in [1.29, 1.82) is 0 Å². The van der Waals surface area contributed by atoms with Gasteiger partial charge in [0.2, 0.25) is 5.91 Å². The first-order chi connectivity index (χ1) is 11.6. The van der Waals surface area contributed by atoms with Gasteiger partial charge in [-0.2, -0.15) is 8.78 Å². The molecule has 0 aromatic heterocycles. The van der Waals surface area contributed by atoms with E-state index in [-0.39, 0.29) is 25.3 Å². The summed E-state index contributed by atoms with van der Waals surface area (Å²) in [7, 11) is 0. The molecule has 8 heteroatoms. The highest BCUT2D eigenvalue weighted by molar-refractivity contribution is 9.24. The molecule has 25 heavy (non-hydrogen) atoms. The molecule has 1 N–H and O–H groups in total. The first kappa shape index (κ1) is 20.1. The van der Waals surface area contributed by atoms with Crippen molar-refractivity contribution in [3.8, 4) is 0 Å². The summed E-state index contributed by atoms with van der Waals surface area (Å²) < 4.78 is 24.9. The maximum Gasteiger partial charge on any atom is 0.288 e. The molecule has 0 spiro atoms. The van der Waals surface area contributed by atoms with Crippen LogP contribution in [0.2, 0.25) is 0 Å². The predicted octanol–water partition coefficient (Wildman–Crippen LogP) is 6.63. The van der Waals surface area contributed by atoms with Crippen LogP contribution in [0.1, 0.15) is 26.7 Å². The lowest BCUT2D eigenvalue weighted by Gasteiger charge is -2.66. The zero-order chi connectivity index (χ0) is 18.6. The van der Waals surface area contributed by atoms with Gasteiger partial charge in [0.25, 0.3) is 5.76 Å². The van der Waals surface area contributed by atoms with Gasteiger partial charge < -0.3 is 5.32 Å². The summed E-state index contributed by atoms with van der Waals surface area (Å²) in [6, 6.07) is 6.56. The highest BCUT2D eigenvalue weighted by Crippen LogP contribution is 2.82. The zero-order valence-corrected chi connectivity index (χ0v) is 19.2. The highest BCUT2D eigenvalue weighted by Gasteiger charge is 2.83. The Hall–Kier alpha value is 0.340. The van der Waals surface area contributed by atoms with Crippen LogP contribution in [0.25, 0.3) is 0 Å². The van der Waals surface area contributed by atoms with Gasteiger partial charge in [0.05, 0.1) is 9.15 Å². The molecule has 0 aliphatic heterocycles. The van der Waals surface area contributed by atoms with Crippen LogP contribution in [-0.4, -0.2) is 20.2 Å². The van der Waals surface area contributed by atoms with E-state index in [9.17, 15) is 13.6 Å². The summed E-state index contributed by atoms with van der Waals surface area (Å²) in [5.74, 6) is -2.46. The molecule has 4 rings (SSSR count). The second kappa shape index (κ2) is 6.74. The molecule has 0 radical (unpaired) electrons. The number of rotatable bonds is 5. The average molecular weight is 562 g/mol. The number of fused-ring (bicyclic) bond motifs is 1. The van der Waals surface area contributed by atoms with Crippen LogP contribution in [0.15, 0.2) is 29.2 Å². The van der Waals surface area contributed by atoms with Crippen LogP contribution < -0.4 is 5.32 Å². The van der Waals surface area contributed by atoms with E-state index in [0.717, 1.165) is 12.8 Å². The molecule has 1 amide bonds. The summed E-state index contributed by atoms with van der Waals surface area (Å²) in [5, 5.41) is 2.99. The summed E-state index contributed by atoms with van der Waals surface area (Å²) >= 11 is 11.6. The molecule has 0 heterocycles. The Morgan fingerprint density at radius 2 is 1.84 bits per heavy atom. The lowest BCUT2D eigenvalue weighted by molar-refractivity contribution is -0.155. The van der Waals surface area contributed by atoms with Crippen molar-refractivity contribution >= 4 is 71.1 Å². The van der Waals surface area contributed by atoms with E-state index in [0.29, 0.717) is 22.3 Å². The van der Waals surface area contributed by atoms with Crippen LogP contribution in [-0.2, 0) is 4.79 Å². The Bertz CT molecular complexity index is 685. The third-order valence-corrected chi connectivity index (χ3v) is 10.2. The van der Waals surface area contributed by atoms with E-state index in [1.807, 2.05) is 0 Å². The molecular weight excluding hydrogens is 544 g/mol. The van der Waals surface area contributed by atoms with Gasteiger partial charge in [-0.05, 0) is 42.5 Å². The summed E-state index contributed by atoms with van der Waals surface area (Å²) in [6.45, 7) is 4.30. The maximum absolute atomic E-state index is 13.1. The zero-order valence-electron chi connectivity index (χ0n) is 13.7. The molecule has 1 aromatic carbocycles. The molecule has 138 valence electrons.